The Labute approximate surface area is 149 Å². The van der Waals surface area contributed by atoms with Crippen molar-refractivity contribution in [2.75, 3.05) is 13.2 Å². The summed E-state index contributed by atoms with van der Waals surface area (Å²) in [7, 11) is 0. The van der Waals surface area contributed by atoms with E-state index in [0.717, 1.165) is 25.7 Å². The number of hydrogen-bond acceptors (Lipinski definition) is 4. The molecule has 6 nitrogen and oxygen atoms in total. The van der Waals surface area contributed by atoms with Crippen molar-refractivity contribution in [2.24, 2.45) is 0 Å². The van der Waals surface area contributed by atoms with Crippen LogP contribution in [0.5, 0.6) is 11.5 Å². The highest BCUT2D eigenvalue weighted by molar-refractivity contribution is 5.81. The molecule has 0 bridgehead atoms. The normalized spacial score (nSPS) is 18.0. The third kappa shape index (κ3) is 6.29. The van der Waals surface area contributed by atoms with E-state index >= 15 is 0 Å². The first kappa shape index (κ1) is 19.1. The van der Waals surface area contributed by atoms with Crippen LogP contribution in [0.15, 0.2) is 24.3 Å². The van der Waals surface area contributed by atoms with Crippen LogP contribution in [0.2, 0.25) is 0 Å². The highest BCUT2D eigenvalue weighted by Gasteiger charge is 2.22. The average molecular weight is 348 g/mol. The second-order valence-electron chi connectivity index (χ2n) is 6.94. The van der Waals surface area contributed by atoms with Crippen molar-refractivity contribution in [3.05, 3.63) is 24.3 Å². The summed E-state index contributed by atoms with van der Waals surface area (Å²) in [5.41, 5.74) is -0.239. The van der Waals surface area contributed by atoms with Crippen LogP contribution in [0.4, 0.5) is 0 Å². The minimum absolute atomic E-state index is 0.0331. The summed E-state index contributed by atoms with van der Waals surface area (Å²) in [6.45, 7) is 6.65. The molecule has 1 atom stereocenters. The van der Waals surface area contributed by atoms with Crippen molar-refractivity contribution < 1.29 is 19.1 Å². The number of amides is 2. The summed E-state index contributed by atoms with van der Waals surface area (Å²) >= 11 is 0. The topological polar surface area (TPSA) is 76.7 Å². The largest absolute Gasteiger partial charge is 0.484 e. The molecule has 6 heteroatoms. The molecule has 0 spiro atoms. The molecule has 1 aliphatic rings. The number of ether oxygens (including phenoxy) is 2. The lowest BCUT2D eigenvalue weighted by molar-refractivity contribution is -0.127. The molecule has 2 amide bonds. The molecule has 0 aliphatic carbocycles. The predicted octanol–water partition coefficient (Wildman–Crippen LogP) is 2.42. The molecule has 2 rings (SSSR count). The van der Waals surface area contributed by atoms with Crippen LogP contribution >= 0.6 is 0 Å². The van der Waals surface area contributed by atoms with Crippen molar-refractivity contribution in [1.82, 2.24) is 10.6 Å². The Bertz CT molecular complexity index is 584. The summed E-state index contributed by atoms with van der Waals surface area (Å²) < 4.78 is 11.3. The summed E-state index contributed by atoms with van der Waals surface area (Å²) in [4.78, 5) is 23.8. The molecule has 0 radical (unpaired) electrons. The van der Waals surface area contributed by atoms with Crippen LogP contribution in [0, 0.1) is 0 Å². The van der Waals surface area contributed by atoms with Gasteiger partial charge in [-0.3, -0.25) is 9.59 Å². The van der Waals surface area contributed by atoms with E-state index in [0.29, 0.717) is 18.0 Å². The Morgan fingerprint density at radius 1 is 1.24 bits per heavy atom. The number of rotatable bonds is 7. The highest BCUT2D eigenvalue weighted by atomic mass is 16.5. The van der Waals surface area contributed by atoms with Crippen molar-refractivity contribution in [3.63, 3.8) is 0 Å². The third-order valence-electron chi connectivity index (χ3n) is 4.32. The van der Waals surface area contributed by atoms with Gasteiger partial charge in [-0.2, -0.15) is 0 Å². The molecule has 2 N–H and O–H groups in total. The van der Waals surface area contributed by atoms with E-state index in [1.54, 1.807) is 24.3 Å². The van der Waals surface area contributed by atoms with Crippen LogP contribution in [-0.4, -0.2) is 36.6 Å². The van der Waals surface area contributed by atoms with E-state index in [4.69, 9.17) is 9.47 Å². The monoisotopic (exact) mass is 348 g/mol. The van der Waals surface area contributed by atoms with Gasteiger partial charge >= 0.3 is 0 Å². The zero-order valence-electron chi connectivity index (χ0n) is 15.3. The van der Waals surface area contributed by atoms with Gasteiger partial charge in [-0.15, -0.1) is 0 Å². The van der Waals surface area contributed by atoms with Gasteiger partial charge in [0.2, 0.25) is 0 Å². The average Bonchev–Trinajstić information content (AvgIpc) is 2.78. The SMILES string of the molecule is CCC(C)(C)NC(=O)COc1ccc(O[C@H]2CCCCNC2=O)cc1. The molecular weight excluding hydrogens is 320 g/mol. The highest BCUT2D eigenvalue weighted by Crippen LogP contribution is 2.20. The second-order valence-corrected chi connectivity index (χ2v) is 6.94. The predicted molar refractivity (Wildman–Crippen MR) is 95.7 cm³/mol. The standard InChI is InChI=1S/C19H28N2O4/c1-4-19(2,3)21-17(22)13-24-14-8-10-15(11-9-14)25-16-7-5-6-12-20-18(16)23/h8-11,16H,4-7,12-13H2,1-3H3,(H,20,23)(H,21,22)/t16-/m0/s1. The van der Waals surface area contributed by atoms with Gasteiger partial charge in [-0.05, 0) is 63.8 Å². The fourth-order valence-corrected chi connectivity index (χ4v) is 2.45. The van der Waals surface area contributed by atoms with Gasteiger partial charge in [0.25, 0.3) is 11.8 Å². The molecule has 1 fully saturated rings. The van der Waals surface area contributed by atoms with Crippen molar-refractivity contribution in [1.29, 1.82) is 0 Å². The van der Waals surface area contributed by atoms with Gasteiger partial charge in [0.15, 0.2) is 12.7 Å². The van der Waals surface area contributed by atoms with E-state index in [2.05, 4.69) is 10.6 Å². The Morgan fingerprint density at radius 3 is 2.60 bits per heavy atom. The van der Waals surface area contributed by atoms with Crippen LogP contribution in [0.3, 0.4) is 0 Å². The first-order chi connectivity index (χ1) is 11.9. The third-order valence-corrected chi connectivity index (χ3v) is 4.32. The lowest BCUT2D eigenvalue weighted by Gasteiger charge is -2.24. The molecule has 1 saturated heterocycles. The fourth-order valence-electron chi connectivity index (χ4n) is 2.45. The van der Waals surface area contributed by atoms with Gasteiger partial charge in [-0.1, -0.05) is 6.92 Å². The first-order valence-corrected chi connectivity index (χ1v) is 8.88. The van der Waals surface area contributed by atoms with Crippen molar-refractivity contribution in [3.8, 4) is 11.5 Å². The molecule has 138 valence electrons. The molecule has 0 aromatic heterocycles. The van der Waals surface area contributed by atoms with E-state index in [9.17, 15) is 9.59 Å². The summed E-state index contributed by atoms with van der Waals surface area (Å²) in [6.07, 6.45) is 3.07. The number of benzene rings is 1. The Morgan fingerprint density at radius 2 is 1.92 bits per heavy atom. The van der Waals surface area contributed by atoms with Crippen LogP contribution in [-0.2, 0) is 9.59 Å². The first-order valence-electron chi connectivity index (χ1n) is 8.88. The number of carbonyl (C=O) groups excluding carboxylic acids is 2. The van der Waals surface area contributed by atoms with E-state index in [1.807, 2.05) is 20.8 Å². The lowest BCUT2D eigenvalue weighted by atomic mass is 10.0. The molecule has 0 unspecified atom stereocenters. The molecule has 1 aromatic carbocycles. The minimum Gasteiger partial charge on any atom is -0.484 e. The van der Waals surface area contributed by atoms with Crippen LogP contribution in [0.25, 0.3) is 0 Å². The Balaban J connectivity index is 1.83. The lowest BCUT2D eigenvalue weighted by Crippen LogP contribution is -2.44. The summed E-state index contributed by atoms with van der Waals surface area (Å²) in [5, 5.41) is 5.77. The van der Waals surface area contributed by atoms with Gasteiger partial charge in [-0.25, -0.2) is 0 Å². The number of carbonyl (C=O) groups is 2. The Kier molecular flexibility index (Phi) is 6.67. The maximum Gasteiger partial charge on any atom is 0.261 e. The molecular formula is C19H28N2O4. The quantitative estimate of drug-likeness (QED) is 0.793. The van der Waals surface area contributed by atoms with Crippen LogP contribution in [0.1, 0.15) is 46.5 Å². The van der Waals surface area contributed by atoms with E-state index < -0.39 is 6.10 Å². The van der Waals surface area contributed by atoms with Gasteiger partial charge in [0, 0.05) is 12.1 Å². The smallest absolute Gasteiger partial charge is 0.261 e. The van der Waals surface area contributed by atoms with Crippen molar-refractivity contribution in [2.45, 2.75) is 58.1 Å². The van der Waals surface area contributed by atoms with Crippen LogP contribution < -0.4 is 20.1 Å². The van der Waals surface area contributed by atoms with Gasteiger partial charge in [0.05, 0.1) is 0 Å². The van der Waals surface area contributed by atoms with E-state index in [1.165, 1.54) is 0 Å². The number of nitrogens with one attached hydrogen (secondary N) is 2. The summed E-state index contributed by atoms with van der Waals surface area (Å²) in [5.74, 6) is 0.989. The fraction of sp³-hybridized carbons (Fsp3) is 0.579. The molecule has 0 saturated carbocycles. The van der Waals surface area contributed by atoms with Crippen molar-refractivity contribution >= 4 is 11.8 Å². The van der Waals surface area contributed by atoms with Gasteiger partial charge < -0.3 is 20.1 Å². The van der Waals surface area contributed by atoms with Gasteiger partial charge in [0.1, 0.15) is 11.5 Å². The zero-order chi connectivity index (χ0) is 18.3. The maximum absolute atomic E-state index is 11.9. The maximum atomic E-state index is 11.9. The molecule has 1 aromatic rings. The minimum atomic E-state index is -0.448. The molecule has 1 aliphatic heterocycles. The summed E-state index contributed by atoms with van der Waals surface area (Å²) in [6, 6.07) is 6.98. The number of hydrogen-bond donors (Lipinski definition) is 2. The zero-order valence-corrected chi connectivity index (χ0v) is 15.3. The second kappa shape index (κ2) is 8.74. The van der Waals surface area contributed by atoms with E-state index in [-0.39, 0.29) is 24.0 Å². The Hall–Kier alpha value is -2.24. The molecule has 25 heavy (non-hydrogen) atoms. The molecule has 1 heterocycles.